The van der Waals surface area contributed by atoms with Crippen molar-refractivity contribution < 1.29 is 4.79 Å². The third kappa shape index (κ3) is 5.80. The second kappa shape index (κ2) is 7.12. The molecule has 0 aromatic heterocycles. The number of rotatable bonds is 5. The van der Waals surface area contributed by atoms with E-state index < -0.39 is 0 Å². The van der Waals surface area contributed by atoms with Crippen LogP contribution in [0.2, 0.25) is 5.32 Å². The van der Waals surface area contributed by atoms with E-state index in [1.54, 1.807) is 0 Å². The summed E-state index contributed by atoms with van der Waals surface area (Å²) in [5, 5.41) is 4.26. The Morgan fingerprint density at radius 3 is 2.26 bits per heavy atom. The Kier molecular flexibility index (Phi) is 6.09. The second-order valence-electron chi connectivity index (χ2n) is 6.20. The van der Waals surface area contributed by atoms with Crippen LogP contribution in [0.15, 0.2) is 30.3 Å². The normalized spacial score (nSPS) is 13.4. The molecule has 1 N–H and O–H groups in total. The van der Waals surface area contributed by atoms with Gasteiger partial charge in [0.1, 0.15) is 0 Å². The van der Waals surface area contributed by atoms with Gasteiger partial charge in [0, 0.05) is 0 Å². The van der Waals surface area contributed by atoms with E-state index in [0.29, 0.717) is 20.9 Å². The minimum atomic E-state index is -0.313. The summed E-state index contributed by atoms with van der Waals surface area (Å²) in [4.78, 5) is 12.1. The van der Waals surface area contributed by atoms with Gasteiger partial charge in [-0.25, -0.2) is 0 Å². The molecule has 0 aliphatic heterocycles. The molecular weight excluding hydrogens is 301 g/mol. The van der Waals surface area contributed by atoms with Gasteiger partial charge in [0.05, 0.1) is 0 Å². The van der Waals surface area contributed by atoms with E-state index in [2.05, 4.69) is 43.4 Å². The number of hydrogen-bond acceptors (Lipinski definition) is 1. The molecule has 0 saturated heterocycles. The Morgan fingerprint density at radius 1 is 1.21 bits per heavy atom. The van der Waals surface area contributed by atoms with Crippen molar-refractivity contribution in [3.05, 3.63) is 30.3 Å². The van der Waals surface area contributed by atoms with Crippen molar-refractivity contribution in [1.82, 2.24) is 5.32 Å². The van der Waals surface area contributed by atoms with Gasteiger partial charge in [0.25, 0.3) is 0 Å². The third-order valence-corrected chi connectivity index (χ3v) is 5.35. The molecule has 19 heavy (non-hydrogen) atoms. The number of amides is 1. The predicted octanol–water partition coefficient (Wildman–Crippen LogP) is 2.62. The molecule has 0 spiro atoms. The summed E-state index contributed by atoms with van der Waals surface area (Å²) < 4.78 is 1.39. The molecule has 0 aliphatic carbocycles. The van der Waals surface area contributed by atoms with Gasteiger partial charge in [-0.2, -0.15) is 0 Å². The molecule has 0 aliphatic rings. The Bertz CT molecular complexity index is 395. The molecule has 1 amide bonds. The van der Waals surface area contributed by atoms with Crippen molar-refractivity contribution in [3.8, 4) is 0 Å². The molecule has 3 heteroatoms. The van der Waals surface area contributed by atoms with E-state index in [1.807, 2.05) is 26.8 Å². The standard InChI is InChI=1S/C16H25NOSe/c1-12(2)14(17-15(18)16(3,4)5)11-19-13-9-7-6-8-10-13/h6-10,12,14H,11H2,1-5H3,(H,17,18)/t14-/m1/s1. The first-order chi connectivity index (χ1) is 8.80. The van der Waals surface area contributed by atoms with E-state index in [9.17, 15) is 4.79 Å². The number of nitrogens with one attached hydrogen (secondary N) is 1. The van der Waals surface area contributed by atoms with Gasteiger partial charge in [-0.15, -0.1) is 0 Å². The zero-order valence-electron chi connectivity index (χ0n) is 12.6. The van der Waals surface area contributed by atoms with E-state index in [0.717, 1.165) is 5.32 Å². The Balaban J connectivity index is 2.57. The Morgan fingerprint density at radius 2 is 1.79 bits per heavy atom. The van der Waals surface area contributed by atoms with Crippen LogP contribution in [0.5, 0.6) is 0 Å². The van der Waals surface area contributed by atoms with Gasteiger partial charge >= 0.3 is 123 Å². The topological polar surface area (TPSA) is 29.1 Å². The molecule has 0 heterocycles. The van der Waals surface area contributed by atoms with Gasteiger partial charge in [0.2, 0.25) is 0 Å². The van der Waals surface area contributed by atoms with Crippen LogP contribution in [0.4, 0.5) is 0 Å². The van der Waals surface area contributed by atoms with E-state index in [4.69, 9.17) is 0 Å². The first-order valence-electron chi connectivity index (χ1n) is 6.79. The average Bonchev–Trinajstić information content (AvgIpc) is 2.33. The second-order valence-corrected chi connectivity index (χ2v) is 8.49. The fraction of sp³-hybridized carbons (Fsp3) is 0.562. The van der Waals surface area contributed by atoms with Crippen molar-refractivity contribution in [2.24, 2.45) is 11.3 Å². The summed E-state index contributed by atoms with van der Waals surface area (Å²) in [6.45, 7) is 10.2. The van der Waals surface area contributed by atoms with Crippen molar-refractivity contribution >= 4 is 25.3 Å². The van der Waals surface area contributed by atoms with Crippen LogP contribution in [0.3, 0.4) is 0 Å². The first-order valence-corrected chi connectivity index (χ1v) is 8.86. The molecule has 0 saturated carbocycles. The number of benzene rings is 1. The van der Waals surface area contributed by atoms with Gasteiger partial charge in [0.15, 0.2) is 0 Å². The Hall–Kier alpha value is -0.791. The van der Waals surface area contributed by atoms with E-state index >= 15 is 0 Å². The SMILES string of the molecule is CC(C)[C@@H](C[Se]c1ccccc1)NC(=O)C(C)(C)C. The summed E-state index contributed by atoms with van der Waals surface area (Å²) in [5.74, 6) is 0.618. The molecule has 0 bridgehead atoms. The quantitative estimate of drug-likeness (QED) is 0.828. The molecule has 1 rings (SSSR count). The van der Waals surface area contributed by atoms with Crippen molar-refractivity contribution in [2.75, 3.05) is 0 Å². The molecule has 1 aromatic rings. The summed E-state index contributed by atoms with van der Waals surface area (Å²) in [6, 6.07) is 10.8. The summed E-state index contributed by atoms with van der Waals surface area (Å²) in [7, 11) is 0. The maximum atomic E-state index is 12.1. The summed E-state index contributed by atoms with van der Waals surface area (Å²) >= 11 is 0.418. The van der Waals surface area contributed by atoms with Crippen LogP contribution in [0.25, 0.3) is 0 Å². The van der Waals surface area contributed by atoms with E-state index in [-0.39, 0.29) is 17.4 Å². The molecule has 0 radical (unpaired) electrons. The molecule has 0 unspecified atom stereocenters. The molecular formula is C16H25NOSe. The Labute approximate surface area is 123 Å². The van der Waals surface area contributed by atoms with Gasteiger partial charge in [-0.3, -0.25) is 0 Å². The van der Waals surface area contributed by atoms with Crippen LogP contribution in [0, 0.1) is 11.3 Å². The predicted molar refractivity (Wildman–Crippen MR) is 82.9 cm³/mol. The number of carbonyl (C=O) groups is 1. The van der Waals surface area contributed by atoms with Crippen LogP contribution in [-0.2, 0) is 4.79 Å². The molecule has 0 fully saturated rings. The van der Waals surface area contributed by atoms with Crippen LogP contribution in [-0.4, -0.2) is 26.9 Å². The molecule has 1 aromatic carbocycles. The minimum absolute atomic E-state index is 0.148. The summed E-state index contributed by atoms with van der Waals surface area (Å²) in [6.07, 6.45) is 0. The van der Waals surface area contributed by atoms with Crippen molar-refractivity contribution in [1.29, 1.82) is 0 Å². The fourth-order valence-corrected chi connectivity index (χ4v) is 3.98. The van der Waals surface area contributed by atoms with Crippen LogP contribution >= 0.6 is 0 Å². The average molecular weight is 326 g/mol. The van der Waals surface area contributed by atoms with Crippen LogP contribution < -0.4 is 9.78 Å². The van der Waals surface area contributed by atoms with Crippen molar-refractivity contribution in [2.45, 2.75) is 46.0 Å². The monoisotopic (exact) mass is 327 g/mol. The van der Waals surface area contributed by atoms with E-state index in [1.165, 1.54) is 4.46 Å². The van der Waals surface area contributed by atoms with Gasteiger partial charge in [-0.05, 0) is 0 Å². The first kappa shape index (κ1) is 16.3. The van der Waals surface area contributed by atoms with Crippen LogP contribution in [0.1, 0.15) is 34.6 Å². The van der Waals surface area contributed by atoms with Gasteiger partial charge < -0.3 is 0 Å². The van der Waals surface area contributed by atoms with Crippen molar-refractivity contribution in [3.63, 3.8) is 0 Å². The fourth-order valence-electron chi connectivity index (χ4n) is 1.49. The molecule has 2 nitrogen and oxygen atoms in total. The molecule has 106 valence electrons. The molecule has 1 atom stereocenters. The third-order valence-electron chi connectivity index (χ3n) is 2.98. The number of carbonyl (C=O) groups excluding carboxylic acids is 1. The summed E-state index contributed by atoms with van der Waals surface area (Å²) in [5.41, 5.74) is -0.313. The maximum absolute atomic E-state index is 12.1. The van der Waals surface area contributed by atoms with Gasteiger partial charge in [-0.1, -0.05) is 0 Å². The zero-order valence-corrected chi connectivity index (χ0v) is 14.3. The zero-order chi connectivity index (χ0) is 14.5. The number of hydrogen-bond donors (Lipinski definition) is 1.